The van der Waals surface area contributed by atoms with Gasteiger partial charge in [-0.1, -0.05) is 26.8 Å². The third kappa shape index (κ3) is 5.44. The van der Waals surface area contributed by atoms with E-state index in [4.69, 9.17) is 5.90 Å². The number of benzene rings is 1. The minimum Gasteiger partial charge on any atom is -0.370 e. The van der Waals surface area contributed by atoms with Crippen molar-refractivity contribution in [3.63, 3.8) is 0 Å². The van der Waals surface area contributed by atoms with E-state index in [2.05, 4.69) is 68.2 Å². The van der Waals surface area contributed by atoms with Crippen LogP contribution < -0.4 is 5.90 Å². The Labute approximate surface area is 162 Å². The number of fused-ring (bicyclic) bond motifs is 1. The Kier molecular flexibility index (Phi) is 7.22. The van der Waals surface area contributed by atoms with Gasteiger partial charge in [-0.05, 0) is 68.6 Å². The van der Waals surface area contributed by atoms with Gasteiger partial charge in [-0.25, -0.2) is 4.79 Å². The van der Waals surface area contributed by atoms with E-state index < -0.39 is 5.97 Å². The summed E-state index contributed by atoms with van der Waals surface area (Å²) in [5, 5.41) is 1.27. The molecule has 1 unspecified atom stereocenters. The summed E-state index contributed by atoms with van der Waals surface area (Å²) in [7, 11) is 4.23. The van der Waals surface area contributed by atoms with Gasteiger partial charge in [0.1, 0.15) is 0 Å². The van der Waals surface area contributed by atoms with Crippen LogP contribution in [-0.2, 0) is 22.6 Å². The molecule has 5 nitrogen and oxygen atoms in total. The second-order valence-electron chi connectivity index (χ2n) is 8.19. The van der Waals surface area contributed by atoms with Crippen molar-refractivity contribution in [2.45, 2.75) is 40.7 Å². The highest BCUT2D eigenvalue weighted by Crippen LogP contribution is 2.30. The number of nitrogens with two attached hydrogens (primary N) is 1. The van der Waals surface area contributed by atoms with Gasteiger partial charge in [-0.3, -0.25) is 0 Å². The van der Waals surface area contributed by atoms with Gasteiger partial charge in [0.25, 0.3) is 0 Å². The maximum absolute atomic E-state index is 11.3. The van der Waals surface area contributed by atoms with E-state index in [0.29, 0.717) is 11.8 Å². The maximum atomic E-state index is 11.3. The summed E-state index contributed by atoms with van der Waals surface area (Å²) in [5.41, 5.74) is 4.96. The van der Waals surface area contributed by atoms with Crippen molar-refractivity contribution < 1.29 is 9.63 Å². The molecular weight excluding hydrogens is 338 g/mol. The van der Waals surface area contributed by atoms with Crippen LogP contribution in [0.4, 0.5) is 0 Å². The number of hydrogen-bond acceptors (Lipinski definition) is 4. The van der Waals surface area contributed by atoms with Crippen LogP contribution in [-0.4, -0.2) is 36.1 Å². The molecule has 1 aromatic carbocycles. The van der Waals surface area contributed by atoms with E-state index in [0.717, 1.165) is 25.1 Å². The Morgan fingerprint density at radius 3 is 2.59 bits per heavy atom. The number of aromatic nitrogens is 1. The zero-order valence-corrected chi connectivity index (χ0v) is 17.5. The van der Waals surface area contributed by atoms with Crippen molar-refractivity contribution >= 4 is 22.9 Å². The highest BCUT2D eigenvalue weighted by Gasteiger charge is 2.17. The summed E-state index contributed by atoms with van der Waals surface area (Å²) in [5.74, 6) is 5.48. The molecule has 0 aliphatic carbocycles. The topological polar surface area (TPSA) is 60.5 Å². The fourth-order valence-electron chi connectivity index (χ4n) is 3.77. The summed E-state index contributed by atoms with van der Waals surface area (Å²) in [4.78, 5) is 17.7. The average Bonchev–Trinajstić information content (AvgIpc) is 2.83. The number of rotatable bonds is 8. The Bertz CT molecular complexity index is 819. The second-order valence-corrected chi connectivity index (χ2v) is 8.19. The lowest BCUT2D eigenvalue weighted by Crippen LogP contribution is -2.23. The van der Waals surface area contributed by atoms with E-state index >= 15 is 0 Å². The largest absolute Gasteiger partial charge is 0.370 e. The van der Waals surface area contributed by atoms with Gasteiger partial charge in [0.15, 0.2) is 0 Å². The molecule has 0 amide bonds. The molecule has 0 aliphatic rings. The maximum Gasteiger partial charge on any atom is 0.349 e. The van der Waals surface area contributed by atoms with Crippen LogP contribution in [0.25, 0.3) is 17.0 Å². The smallest absolute Gasteiger partial charge is 0.349 e. The normalized spacial score (nSPS) is 13.2. The lowest BCUT2D eigenvalue weighted by molar-refractivity contribution is -0.138. The second kappa shape index (κ2) is 9.20. The highest BCUT2D eigenvalue weighted by molar-refractivity contribution is 5.90. The summed E-state index contributed by atoms with van der Waals surface area (Å²) in [6, 6.07) is 6.35. The van der Waals surface area contributed by atoms with Crippen molar-refractivity contribution in [1.82, 2.24) is 9.47 Å². The van der Waals surface area contributed by atoms with Crippen molar-refractivity contribution in [1.29, 1.82) is 0 Å². The molecule has 0 aliphatic heterocycles. The molecule has 0 fully saturated rings. The Morgan fingerprint density at radius 1 is 1.30 bits per heavy atom. The molecule has 2 rings (SSSR count). The van der Waals surface area contributed by atoms with Crippen molar-refractivity contribution in [2.75, 3.05) is 20.6 Å². The minimum absolute atomic E-state index is 0.552. The molecular formula is C22H33N3O2. The fraction of sp³-hybridized carbons (Fsp3) is 0.500. The highest BCUT2D eigenvalue weighted by atomic mass is 16.7. The summed E-state index contributed by atoms with van der Waals surface area (Å²) in [6.07, 6.45) is 4.14. The van der Waals surface area contributed by atoms with Crippen LogP contribution in [0.15, 0.2) is 24.3 Å². The number of nitrogens with zero attached hydrogens (tertiary/aromatic N) is 2. The zero-order valence-electron chi connectivity index (χ0n) is 17.5. The van der Waals surface area contributed by atoms with Crippen molar-refractivity contribution in [3.05, 3.63) is 41.1 Å². The molecule has 0 spiro atoms. The first-order valence-corrected chi connectivity index (χ1v) is 9.58. The zero-order chi connectivity index (χ0) is 20.1. The molecule has 5 heteroatoms. The molecule has 1 heterocycles. The Hall–Kier alpha value is -2.11. The molecule has 0 radical (unpaired) electrons. The van der Waals surface area contributed by atoms with Crippen LogP contribution in [0.3, 0.4) is 0 Å². The van der Waals surface area contributed by atoms with Crippen LogP contribution in [0.5, 0.6) is 0 Å². The predicted octanol–water partition coefficient (Wildman–Crippen LogP) is 3.78. The third-order valence-corrected chi connectivity index (χ3v) is 4.79. The molecule has 0 bridgehead atoms. The van der Waals surface area contributed by atoms with Crippen molar-refractivity contribution in [3.8, 4) is 0 Å². The molecule has 148 valence electrons. The lowest BCUT2D eigenvalue weighted by Gasteiger charge is -2.19. The fourth-order valence-corrected chi connectivity index (χ4v) is 3.77. The van der Waals surface area contributed by atoms with E-state index in [1.165, 1.54) is 28.2 Å². The molecule has 2 N–H and O–H groups in total. The quantitative estimate of drug-likeness (QED) is 0.567. The van der Waals surface area contributed by atoms with Gasteiger partial charge in [-0.15, -0.1) is 0 Å². The first-order valence-electron chi connectivity index (χ1n) is 9.58. The van der Waals surface area contributed by atoms with E-state index in [1.807, 2.05) is 6.07 Å². The molecule has 1 aromatic heterocycles. The monoisotopic (exact) mass is 371 g/mol. The molecule has 0 saturated carbocycles. The van der Waals surface area contributed by atoms with Crippen LogP contribution in [0.2, 0.25) is 0 Å². The average molecular weight is 372 g/mol. The lowest BCUT2D eigenvalue weighted by atomic mass is 9.99. The third-order valence-electron chi connectivity index (χ3n) is 4.79. The summed E-state index contributed by atoms with van der Waals surface area (Å²) < 4.78 is 2.45. The standard InChI is InChI=1S/C22H33N3O2/c1-15(2)11-19-17(4)25(14-16(3)13-24(5)6)21-9-7-18(12-20(19)21)8-10-22(26)27-23/h7-10,12,15-16H,11,13-14,23H2,1-6H3/b10-8+. The molecule has 2 aromatic rings. The van der Waals surface area contributed by atoms with E-state index in [9.17, 15) is 4.79 Å². The van der Waals surface area contributed by atoms with Crippen molar-refractivity contribution in [2.24, 2.45) is 17.7 Å². The van der Waals surface area contributed by atoms with Crippen LogP contribution in [0.1, 0.15) is 37.6 Å². The van der Waals surface area contributed by atoms with Gasteiger partial charge >= 0.3 is 5.97 Å². The number of carbonyl (C=O) groups is 1. The molecule has 27 heavy (non-hydrogen) atoms. The van der Waals surface area contributed by atoms with Crippen LogP contribution >= 0.6 is 0 Å². The van der Waals surface area contributed by atoms with Gasteiger partial charge in [0, 0.05) is 35.8 Å². The predicted molar refractivity (Wildman–Crippen MR) is 112 cm³/mol. The van der Waals surface area contributed by atoms with E-state index in [-0.39, 0.29) is 0 Å². The van der Waals surface area contributed by atoms with Crippen LogP contribution in [0, 0.1) is 18.8 Å². The first kappa shape index (κ1) is 21.2. The number of hydrogen-bond donors (Lipinski definition) is 1. The SMILES string of the molecule is Cc1c(CC(C)C)c2cc(/C=C/C(=O)ON)ccc2n1CC(C)CN(C)C. The molecule has 1 atom stereocenters. The molecule has 0 saturated heterocycles. The van der Waals surface area contributed by atoms with Gasteiger partial charge < -0.3 is 14.3 Å². The summed E-state index contributed by atoms with van der Waals surface area (Å²) >= 11 is 0. The van der Waals surface area contributed by atoms with Gasteiger partial charge in [-0.2, -0.15) is 5.90 Å². The summed E-state index contributed by atoms with van der Waals surface area (Å²) in [6.45, 7) is 11.1. The van der Waals surface area contributed by atoms with E-state index in [1.54, 1.807) is 6.08 Å². The first-order chi connectivity index (χ1) is 12.7. The number of carbonyl (C=O) groups excluding carboxylic acids is 1. The minimum atomic E-state index is -0.552. The Morgan fingerprint density at radius 2 is 2.00 bits per heavy atom. The van der Waals surface area contributed by atoms with Gasteiger partial charge in [0.2, 0.25) is 0 Å². The van der Waals surface area contributed by atoms with Gasteiger partial charge in [0.05, 0.1) is 0 Å². The Balaban J connectivity index is 2.49.